The summed E-state index contributed by atoms with van der Waals surface area (Å²) in [6, 6.07) is 6.79. The van der Waals surface area contributed by atoms with Crippen molar-refractivity contribution in [1.82, 2.24) is 0 Å². The lowest BCUT2D eigenvalue weighted by atomic mass is 9.82. The maximum atomic E-state index is 12.4. The minimum Gasteiger partial charge on any atom is -0.382 e. The Kier molecular flexibility index (Phi) is 3.45. The van der Waals surface area contributed by atoms with E-state index < -0.39 is 12.5 Å². The van der Waals surface area contributed by atoms with E-state index in [0.29, 0.717) is 5.56 Å². The summed E-state index contributed by atoms with van der Waals surface area (Å²) in [6.45, 7) is 5.80. The van der Waals surface area contributed by atoms with Gasteiger partial charge in [0.05, 0.1) is 0 Å². The second-order valence-corrected chi connectivity index (χ2v) is 4.62. The lowest BCUT2D eigenvalue weighted by Crippen LogP contribution is -2.18. The van der Waals surface area contributed by atoms with Crippen LogP contribution in [0.2, 0.25) is 0 Å². The maximum absolute atomic E-state index is 12.4. The summed E-state index contributed by atoms with van der Waals surface area (Å²) < 4.78 is 24.9. The number of benzene rings is 1. The molecule has 0 saturated carbocycles. The number of alkyl halides is 2. The average Bonchev–Trinajstić information content (AvgIpc) is 2.15. The van der Waals surface area contributed by atoms with Gasteiger partial charge in [0.15, 0.2) is 0 Å². The molecule has 0 fully saturated rings. The van der Waals surface area contributed by atoms with Crippen molar-refractivity contribution in [1.29, 1.82) is 0 Å². The molecule has 0 bridgehead atoms. The summed E-state index contributed by atoms with van der Waals surface area (Å²) in [5.41, 5.74) is 0.838. The summed E-state index contributed by atoms with van der Waals surface area (Å²) in [7, 11) is 0. The average molecular weight is 214 g/mol. The first kappa shape index (κ1) is 12.1. The van der Waals surface area contributed by atoms with Gasteiger partial charge in [0.25, 0.3) is 6.43 Å². The highest BCUT2D eigenvalue weighted by Gasteiger charge is 2.26. The molecule has 84 valence electrons. The van der Waals surface area contributed by atoms with E-state index in [0.717, 1.165) is 5.56 Å². The Bertz CT molecular complexity index is 329. The molecular formula is C12H16F2O. The molecule has 1 nitrogen and oxygen atoms in total. The van der Waals surface area contributed by atoms with E-state index in [-0.39, 0.29) is 5.41 Å². The quantitative estimate of drug-likeness (QED) is 0.801. The van der Waals surface area contributed by atoms with Gasteiger partial charge in [0.1, 0.15) is 6.10 Å². The highest BCUT2D eigenvalue weighted by molar-refractivity contribution is 5.34. The minimum atomic E-state index is -2.74. The third-order valence-corrected chi connectivity index (χ3v) is 2.33. The second kappa shape index (κ2) is 4.27. The van der Waals surface area contributed by atoms with Gasteiger partial charge in [0.2, 0.25) is 0 Å². The van der Waals surface area contributed by atoms with Crippen LogP contribution in [0, 0.1) is 0 Å². The number of hydrogen-bond donors (Lipinski definition) is 1. The Balaban J connectivity index is 3.18. The fraction of sp³-hybridized carbons (Fsp3) is 0.500. The minimum absolute atomic E-state index is 0.244. The standard InChI is InChI=1S/C12H16F2O/c1-12(2,3)9-7-5-4-6-8(9)10(15)11(13)14/h4-7,10-11,15H,1-3H3. The van der Waals surface area contributed by atoms with Crippen LogP contribution in [0.1, 0.15) is 38.0 Å². The topological polar surface area (TPSA) is 20.2 Å². The predicted molar refractivity (Wildman–Crippen MR) is 56.1 cm³/mol. The zero-order valence-electron chi connectivity index (χ0n) is 9.17. The van der Waals surface area contributed by atoms with Crippen LogP contribution in [0.4, 0.5) is 8.78 Å². The zero-order valence-corrected chi connectivity index (χ0v) is 9.17. The second-order valence-electron chi connectivity index (χ2n) is 4.62. The molecule has 1 unspecified atom stereocenters. The van der Waals surface area contributed by atoms with E-state index in [1.54, 1.807) is 24.3 Å². The number of hydrogen-bond acceptors (Lipinski definition) is 1. The molecule has 1 rings (SSSR count). The fourth-order valence-corrected chi connectivity index (χ4v) is 1.57. The van der Waals surface area contributed by atoms with Gasteiger partial charge in [-0.3, -0.25) is 0 Å². The van der Waals surface area contributed by atoms with Gasteiger partial charge in [-0.25, -0.2) is 8.78 Å². The molecule has 0 aliphatic heterocycles. The van der Waals surface area contributed by atoms with Crippen molar-refractivity contribution >= 4 is 0 Å². The van der Waals surface area contributed by atoms with Gasteiger partial charge in [-0.1, -0.05) is 45.0 Å². The van der Waals surface area contributed by atoms with E-state index in [1.165, 1.54) is 0 Å². The molecule has 0 aliphatic rings. The Hall–Kier alpha value is -0.960. The van der Waals surface area contributed by atoms with Crippen molar-refractivity contribution in [3.8, 4) is 0 Å². The van der Waals surface area contributed by atoms with Crippen molar-refractivity contribution in [2.45, 2.75) is 38.7 Å². The predicted octanol–water partition coefficient (Wildman–Crippen LogP) is 3.28. The number of rotatable bonds is 2. The summed E-state index contributed by atoms with van der Waals surface area (Å²) in [6.07, 6.45) is -4.44. The van der Waals surface area contributed by atoms with Crippen molar-refractivity contribution in [3.05, 3.63) is 35.4 Å². The van der Waals surface area contributed by atoms with E-state index in [4.69, 9.17) is 0 Å². The molecule has 1 atom stereocenters. The molecule has 3 heteroatoms. The summed E-state index contributed by atoms with van der Waals surface area (Å²) in [5, 5.41) is 9.39. The highest BCUT2D eigenvalue weighted by Crippen LogP contribution is 2.31. The van der Waals surface area contributed by atoms with Gasteiger partial charge in [0, 0.05) is 0 Å². The van der Waals surface area contributed by atoms with Crippen molar-refractivity contribution in [2.24, 2.45) is 0 Å². The number of halogens is 2. The van der Waals surface area contributed by atoms with Crippen LogP contribution in [0.5, 0.6) is 0 Å². The number of aliphatic hydroxyl groups excluding tert-OH is 1. The van der Waals surface area contributed by atoms with Crippen LogP contribution >= 0.6 is 0 Å². The first-order valence-corrected chi connectivity index (χ1v) is 4.89. The third kappa shape index (κ3) is 2.75. The van der Waals surface area contributed by atoms with Gasteiger partial charge < -0.3 is 5.11 Å². The lowest BCUT2D eigenvalue weighted by molar-refractivity contribution is -0.00666. The Morgan fingerprint density at radius 3 is 2.13 bits per heavy atom. The van der Waals surface area contributed by atoms with Crippen LogP contribution in [-0.2, 0) is 5.41 Å². The van der Waals surface area contributed by atoms with Gasteiger partial charge in [-0.2, -0.15) is 0 Å². The monoisotopic (exact) mass is 214 g/mol. The Labute approximate surface area is 88.7 Å². The normalized spacial score (nSPS) is 14.3. The smallest absolute Gasteiger partial charge is 0.268 e. The van der Waals surface area contributed by atoms with Crippen molar-refractivity contribution in [3.63, 3.8) is 0 Å². The molecule has 0 saturated heterocycles. The molecule has 0 spiro atoms. The first-order valence-electron chi connectivity index (χ1n) is 4.89. The zero-order chi connectivity index (χ0) is 11.6. The van der Waals surface area contributed by atoms with E-state index in [9.17, 15) is 13.9 Å². The molecule has 0 radical (unpaired) electrons. The van der Waals surface area contributed by atoms with Crippen LogP contribution < -0.4 is 0 Å². The Morgan fingerprint density at radius 2 is 1.67 bits per heavy atom. The van der Waals surface area contributed by atoms with Gasteiger partial charge in [-0.05, 0) is 16.5 Å². The fourth-order valence-electron chi connectivity index (χ4n) is 1.57. The molecule has 1 N–H and O–H groups in total. The summed E-state index contributed by atoms with van der Waals surface area (Å²) in [4.78, 5) is 0. The van der Waals surface area contributed by atoms with Crippen LogP contribution in [-0.4, -0.2) is 11.5 Å². The molecule has 1 aromatic carbocycles. The SMILES string of the molecule is CC(C)(C)c1ccccc1C(O)C(F)F. The summed E-state index contributed by atoms with van der Waals surface area (Å²) in [5.74, 6) is 0. The van der Waals surface area contributed by atoms with E-state index in [1.807, 2.05) is 20.8 Å². The van der Waals surface area contributed by atoms with Crippen LogP contribution in [0.25, 0.3) is 0 Å². The molecular weight excluding hydrogens is 198 g/mol. The highest BCUT2D eigenvalue weighted by atomic mass is 19.3. The molecule has 1 aromatic rings. The van der Waals surface area contributed by atoms with Crippen molar-refractivity contribution < 1.29 is 13.9 Å². The molecule has 0 aromatic heterocycles. The molecule has 0 amide bonds. The first-order chi connectivity index (χ1) is 6.84. The Morgan fingerprint density at radius 1 is 1.13 bits per heavy atom. The molecule has 0 heterocycles. The molecule has 15 heavy (non-hydrogen) atoms. The largest absolute Gasteiger partial charge is 0.382 e. The van der Waals surface area contributed by atoms with E-state index in [2.05, 4.69) is 0 Å². The summed E-state index contributed by atoms with van der Waals surface area (Å²) >= 11 is 0. The van der Waals surface area contributed by atoms with Crippen LogP contribution in [0.3, 0.4) is 0 Å². The third-order valence-electron chi connectivity index (χ3n) is 2.33. The maximum Gasteiger partial charge on any atom is 0.268 e. The van der Waals surface area contributed by atoms with Crippen LogP contribution in [0.15, 0.2) is 24.3 Å². The van der Waals surface area contributed by atoms with E-state index >= 15 is 0 Å². The lowest BCUT2D eigenvalue weighted by Gasteiger charge is -2.24. The number of aliphatic hydroxyl groups is 1. The van der Waals surface area contributed by atoms with Gasteiger partial charge >= 0.3 is 0 Å². The van der Waals surface area contributed by atoms with Gasteiger partial charge in [-0.15, -0.1) is 0 Å². The van der Waals surface area contributed by atoms with Crippen molar-refractivity contribution in [2.75, 3.05) is 0 Å². The molecule has 0 aliphatic carbocycles.